The Kier molecular flexibility index (Phi) is 62.9. The van der Waals surface area contributed by atoms with Crippen LogP contribution >= 0.6 is 0 Å². The molecule has 0 spiro atoms. The van der Waals surface area contributed by atoms with Gasteiger partial charge in [-0.2, -0.15) is 0 Å². The molecule has 0 nitrogen and oxygen atoms in total. The van der Waals surface area contributed by atoms with Crippen LogP contribution in [0.1, 0.15) is 135 Å². The first-order valence-electron chi connectivity index (χ1n) is 15.2. The van der Waals surface area contributed by atoms with Gasteiger partial charge in [-0.1, -0.05) is 0 Å². The van der Waals surface area contributed by atoms with E-state index in [0.717, 1.165) is 185 Å². The maximum Gasteiger partial charge on any atom is 0 e. The Morgan fingerprint density at radius 1 is 0.297 bits per heavy atom. The molecule has 0 aliphatic rings. The van der Waals surface area contributed by atoms with E-state index in [-0.39, 0.29) is 70.6 Å². The van der Waals surface area contributed by atoms with Gasteiger partial charge in [-0.15, -0.1) is 0 Å². The van der Waals surface area contributed by atoms with Crippen molar-refractivity contribution in [1.29, 1.82) is 0 Å². The molecule has 0 aliphatic heterocycles. The molecule has 0 saturated heterocycles. The average Bonchev–Trinajstić information content (AvgIpc) is 2.83. The van der Waals surface area contributed by atoms with E-state index in [1.54, 1.807) is 0 Å². The van der Waals surface area contributed by atoms with E-state index < -0.39 is 19.3 Å². The molecule has 0 amide bonds. The van der Waals surface area contributed by atoms with Crippen molar-refractivity contribution in [3.05, 3.63) is 0 Å². The van der Waals surface area contributed by atoms with Gasteiger partial charge >= 0.3 is 329 Å². The molecule has 0 bridgehead atoms. The maximum absolute atomic E-state index is 11.7. The molecule has 205 valence electrons. The van der Waals surface area contributed by atoms with E-state index in [9.17, 15) is 26.3 Å². The van der Waals surface area contributed by atoms with Gasteiger partial charge in [0.05, 0.1) is 0 Å². The van der Waals surface area contributed by atoms with E-state index in [4.69, 9.17) is 0 Å². The summed E-state index contributed by atoms with van der Waals surface area (Å²) in [6.45, 7) is 0. The fourth-order valence-electron chi connectivity index (χ4n) is 3.77. The van der Waals surface area contributed by atoms with Crippen LogP contribution in [0.2, 0.25) is 1.55 Å². The second kappa shape index (κ2) is 46.5. The molecular weight excluding hydrogens is 595 g/mol. The van der Waals surface area contributed by atoms with Crippen molar-refractivity contribution in [2.75, 3.05) is 0 Å². The van der Waals surface area contributed by atoms with Crippen LogP contribution in [0.5, 0.6) is 0 Å². The summed E-state index contributed by atoms with van der Waals surface area (Å²) in [6, 6.07) is 0. The first-order valence-corrected chi connectivity index (χ1v) is 21.8. The minimum Gasteiger partial charge on any atom is 0 e. The topological polar surface area (TPSA) is 0 Å². The monoisotopic (exact) mass is 645 g/mol. The molecular formula is C27H51F6K4. The van der Waals surface area contributed by atoms with E-state index in [1.807, 2.05) is 0 Å². The summed E-state index contributed by atoms with van der Waals surface area (Å²) in [5.41, 5.74) is 0. The number of unbranched alkanes of at least 4 members (excludes halogenated alkanes) is 15. The van der Waals surface area contributed by atoms with Crippen molar-refractivity contribution in [2.24, 2.45) is 0 Å². The van der Waals surface area contributed by atoms with Crippen LogP contribution in [-0.2, 0) is 0 Å². The van der Waals surface area contributed by atoms with E-state index in [2.05, 4.69) is 0 Å². The molecule has 0 saturated carbocycles. The fourth-order valence-corrected chi connectivity index (χ4v) is 6.11. The standard InChI is InChI=1S/3C9H17F2.4K/c3*1-2-3-4-5-6-7-8-9(10)11;;;;/h3*9H,1-8H2;;;;. The number of halogens is 6. The largest absolute Gasteiger partial charge is 0 e. The van der Waals surface area contributed by atoms with Crippen LogP contribution < -0.4 is 0 Å². The van der Waals surface area contributed by atoms with Crippen molar-refractivity contribution in [3.63, 3.8) is 0 Å². The molecule has 0 unspecified atom stereocenters. The van der Waals surface area contributed by atoms with Crippen LogP contribution in [0.25, 0.3) is 0 Å². The van der Waals surface area contributed by atoms with Crippen LogP contribution in [0, 0.1) is 0 Å². The quantitative estimate of drug-likeness (QED) is 0.0557. The molecule has 0 rings (SSSR count). The van der Waals surface area contributed by atoms with Gasteiger partial charge < -0.3 is 0 Å². The number of hydrogen-bond acceptors (Lipinski definition) is 0. The molecule has 0 aromatic rings. The number of rotatable bonds is 24. The Bertz CT molecular complexity index is 315. The van der Waals surface area contributed by atoms with Gasteiger partial charge in [0, 0.05) is 51.4 Å². The van der Waals surface area contributed by atoms with Crippen LogP contribution in [0.4, 0.5) is 26.3 Å². The summed E-state index contributed by atoms with van der Waals surface area (Å²) in [5, 5.41) is 0. The summed E-state index contributed by atoms with van der Waals surface area (Å²) in [6.07, 6.45) is 14.4. The summed E-state index contributed by atoms with van der Waals surface area (Å²) in [4.78, 5) is 0. The predicted octanol–water partition coefficient (Wildman–Crippen LogP) is 10.3. The third kappa shape index (κ3) is 61.8. The summed E-state index contributed by atoms with van der Waals surface area (Å²) in [7, 11) is 0. The molecule has 0 aromatic heterocycles. The third-order valence-electron chi connectivity index (χ3n) is 6.08. The van der Waals surface area contributed by atoms with Crippen molar-refractivity contribution in [3.8, 4) is 0 Å². The van der Waals surface area contributed by atoms with Crippen molar-refractivity contribution in [1.82, 2.24) is 0 Å². The summed E-state index contributed by atoms with van der Waals surface area (Å²) >= 11 is 3.01. The van der Waals surface area contributed by atoms with Gasteiger partial charge in [0.1, 0.15) is 0 Å². The second-order valence-corrected chi connectivity index (χ2v) is 14.6. The average molecular weight is 646 g/mol. The zero-order chi connectivity index (χ0) is 27.7. The molecule has 0 N–H and O–H groups in total. The molecule has 37 heavy (non-hydrogen) atoms. The van der Waals surface area contributed by atoms with E-state index in [0.29, 0.717) is 19.3 Å². The molecule has 10 heteroatoms. The predicted molar refractivity (Wildman–Crippen MR) is 152 cm³/mol. The smallest absolute Gasteiger partial charge is 0 e. The van der Waals surface area contributed by atoms with Gasteiger partial charge in [-0.05, 0) is 0 Å². The maximum atomic E-state index is 11.7. The van der Waals surface area contributed by atoms with Gasteiger partial charge in [-0.3, -0.25) is 0 Å². The molecule has 0 atom stereocenters. The second-order valence-electron chi connectivity index (χ2n) is 9.90. The molecule has 0 heterocycles. The third-order valence-corrected chi connectivity index (χ3v) is 9.39. The van der Waals surface area contributed by atoms with Crippen LogP contribution in [0.3, 0.4) is 0 Å². The Labute approximate surface area is 370 Å². The Hall–Kier alpha value is 6.13. The normalized spacial score (nSPS) is 10.8. The van der Waals surface area contributed by atoms with Crippen LogP contribution in [0.15, 0.2) is 0 Å². The van der Waals surface area contributed by atoms with Crippen molar-refractivity contribution < 1.29 is 26.3 Å². The van der Waals surface area contributed by atoms with Gasteiger partial charge in [0.2, 0.25) is 0 Å². The molecule has 0 fully saturated rings. The minimum absolute atomic E-state index is 0. The number of hydrogen-bond donors (Lipinski definition) is 0. The van der Waals surface area contributed by atoms with Gasteiger partial charge in [0.15, 0.2) is 0 Å². The zero-order valence-electron chi connectivity index (χ0n) is 25.0. The first kappa shape index (κ1) is 50.0. The fraction of sp³-hybridized carbons (Fsp3) is 1.00. The SMILES string of the molecule is FC(F)CCCCCCC[CH2][K].FC(F)CCCCCCC[CH2][K].FC(F)CCCCCCC[CH2][K].[K]. The Morgan fingerprint density at radius 2 is 0.459 bits per heavy atom. The summed E-state index contributed by atoms with van der Waals surface area (Å²) in [5.74, 6) is 0. The van der Waals surface area contributed by atoms with Crippen molar-refractivity contribution in [2.45, 2.75) is 156 Å². The molecule has 0 aliphatic carbocycles. The first-order chi connectivity index (χ1) is 17.3. The van der Waals surface area contributed by atoms with E-state index in [1.165, 1.54) is 59.3 Å². The zero-order valence-corrected chi connectivity index (χ0v) is 37.5. The van der Waals surface area contributed by atoms with Crippen molar-refractivity contribution >= 4 is 198 Å². The molecule has 1 radical (unpaired) electrons. The Morgan fingerprint density at radius 3 is 0.622 bits per heavy atom. The van der Waals surface area contributed by atoms with Crippen LogP contribution in [-0.4, -0.2) is 218 Å². The number of alkyl halides is 6. The van der Waals surface area contributed by atoms with Gasteiger partial charge in [0.25, 0.3) is 0 Å². The molecule has 0 aromatic carbocycles. The van der Waals surface area contributed by atoms with Gasteiger partial charge in [-0.25, -0.2) is 0 Å². The van der Waals surface area contributed by atoms with E-state index >= 15 is 0 Å². The summed E-state index contributed by atoms with van der Waals surface area (Å²) < 4.78 is 74.3. The Balaban J connectivity index is -0.000000218. The minimum atomic E-state index is -2.09.